The molecule has 0 spiro atoms. The smallest absolute Gasteiger partial charge is 0.160 e. The van der Waals surface area contributed by atoms with E-state index in [1.54, 1.807) is 6.20 Å². The minimum atomic E-state index is 0.650. The van der Waals surface area contributed by atoms with E-state index in [1.807, 2.05) is 54.7 Å². The first-order valence-electron chi connectivity index (χ1n) is 18.7. The van der Waals surface area contributed by atoms with Crippen molar-refractivity contribution >= 4 is 43.9 Å². The maximum atomic E-state index is 6.70. The van der Waals surface area contributed by atoms with Crippen LogP contribution in [0.4, 0.5) is 0 Å². The number of furan rings is 2. The van der Waals surface area contributed by atoms with Crippen molar-refractivity contribution in [1.82, 2.24) is 15.0 Å². The Kier molecular flexibility index (Phi) is 7.42. The first-order valence-corrected chi connectivity index (χ1v) is 18.7. The SMILES string of the molecule is c1ccc(-c2cc(-c3ccccc3-c3cccnc3)nc(-c3ccc(-c4ccc(-c5cccc6c5oc5ccccc56)c5c4oc4ccccc45)cc3)n2)cc1. The summed E-state index contributed by atoms with van der Waals surface area (Å²) in [6.45, 7) is 0. The number of pyridine rings is 1. The standard InChI is InChI=1S/C51H31N3O2/c1-2-12-33(13-3-1)44-30-45(38-16-5-4-15-36(38)35-14-11-29-52-31-35)54-51(53-44)34-25-23-32(24-26-34)37-27-28-40(48-43-18-7-9-22-47(43)56-50(37)48)42-20-10-19-41-39-17-6-8-21-46(39)55-49(41)42/h1-31H. The number of hydrogen-bond donors (Lipinski definition) is 0. The van der Waals surface area contributed by atoms with Crippen LogP contribution in [0, 0.1) is 0 Å². The molecule has 4 heterocycles. The van der Waals surface area contributed by atoms with Crippen molar-refractivity contribution in [3.63, 3.8) is 0 Å². The molecule has 0 aliphatic carbocycles. The van der Waals surface area contributed by atoms with Gasteiger partial charge < -0.3 is 8.83 Å². The zero-order valence-corrected chi connectivity index (χ0v) is 30.1. The van der Waals surface area contributed by atoms with Crippen LogP contribution in [0.25, 0.3) is 111 Å². The largest absolute Gasteiger partial charge is 0.455 e. The number of fused-ring (bicyclic) bond motifs is 6. The Morgan fingerprint density at radius 1 is 0.357 bits per heavy atom. The molecule has 0 saturated carbocycles. The summed E-state index contributed by atoms with van der Waals surface area (Å²) < 4.78 is 13.2. The van der Waals surface area contributed by atoms with Crippen LogP contribution in [0.1, 0.15) is 0 Å². The van der Waals surface area contributed by atoms with Crippen LogP contribution in [0.5, 0.6) is 0 Å². The number of para-hydroxylation sites is 3. The molecule has 0 unspecified atom stereocenters. The average molecular weight is 718 g/mol. The molecule has 0 saturated heterocycles. The molecule has 0 aliphatic heterocycles. The van der Waals surface area contributed by atoms with Crippen molar-refractivity contribution in [1.29, 1.82) is 0 Å². The average Bonchev–Trinajstić information content (AvgIpc) is 3.86. The van der Waals surface area contributed by atoms with E-state index in [1.165, 1.54) is 0 Å². The van der Waals surface area contributed by atoms with E-state index in [-0.39, 0.29) is 0 Å². The van der Waals surface area contributed by atoms with Gasteiger partial charge in [0.15, 0.2) is 5.82 Å². The molecule has 5 nitrogen and oxygen atoms in total. The van der Waals surface area contributed by atoms with E-state index in [0.29, 0.717) is 5.82 Å². The Morgan fingerprint density at radius 2 is 0.982 bits per heavy atom. The molecule has 0 amide bonds. The monoisotopic (exact) mass is 717 g/mol. The summed E-state index contributed by atoms with van der Waals surface area (Å²) in [7, 11) is 0. The number of nitrogens with zero attached hydrogens (tertiary/aromatic N) is 3. The third kappa shape index (κ3) is 5.29. The first kappa shape index (κ1) is 31.9. The lowest BCUT2D eigenvalue weighted by molar-refractivity contribution is 0.669. The fraction of sp³-hybridized carbons (Fsp3) is 0. The molecule has 0 N–H and O–H groups in total. The molecular formula is C51H31N3O2. The third-order valence-corrected chi connectivity index (χ3v) is 10.6. The fourth-order valence-electron chi connectivity index (χ4n) is 7.99. The third-order valence-electron chi connectivity index (χ3n) is 10.6. The molecule has 0 fully saturated rings. The fourth-order valence-corrected chi connectivity index (χ4v) is 7.99. The predicted octanol–water partition coefficient (Wildman–Crippen LogP) is 13.7. The van der Waals surface area contributed by atoms with Crippen LogP contribution in [-0.4, -0.2) is 15.0 Å². The van der Waals surface area contributed by atoms with E-state index >= 15 is 0 Å². The Balaban J connectivity index is 1.05. The lowest BCUT2D eigenvalue weighted by Gasteiger charge is -2.13. The van der Waals surface area contributed by atoms with E-state index in [9.17, 15) is 0 Å². The van der Waals surface area contributed by atoms with Crippen LogP contribution in [-0.2, 0) is 0 Å². The molecule has 0 atom stereocenters. The Hall–Kier alpha value is -7.63. The lowest BCUT2D eigenvalue weighted by Crippen LogP contribution is -1.97. The van der Waals surface area contributed by atoms with Crippen LogP contribution in [0.3, 0.4) is 0 Å². The van der Waals surface area contributed by atoms with Gasteiger partial charge in [0.05, 0.1) is 11.4 Å². The summed E-state index contributed by atoms with van der Waals surface area (Å²) in [5.74, 6) is 0.650. The normalized spacial score (nSPS) is 11.6. The minimum absolute atomic E-state index is 0.650. The summed E-state index contributed by atoms with van der Waals surface area (Å²) in [5.41, 5.74) is 14.3. The van der Waals surface area contributed by atoms with Gasteiger partial charge in [-0.1, -0.05) is 146 Å². The summed E-state index contributed by atoms with van der Waals surface area (Å²) in [4.78, 5) is 14.7. The Bertz CT molecular complexity index is 3240. The molecule has 0 bridgehead atoms. The maximum Gasteiger partial charge on any atom is 0.160 e. The quantitative estimate of drug-likeness (QED) is 0.171. The van der Waals surface area contributed by atoms with E-state index in [0.717, 1.165) is 105 Å². The van der Waals surface area contributed by atoms with Gasteiger partial charge in [-0.3, -0.25) is 4.98 Å². The molecule has 5 heteroatoms. The van der Waals surface area contributed by atoms with E-state index in [2.05, 4.69) is 132 Å². The van der Waals surface area contributed by atoms with Crippen molar-refractivity contribution in [2.75, 3.05) is 0 Å². The number of benzene rings is 7. The van der Waals surface area contributed by atoms with Gasteiger partial charge in [0.2, 0.25) is 0 Å². The van der Waals surface area contributed by atoms with Crippen molar-refractivity contribution in [2.45, 2.75) is 0 Å². The zero-order valence-electron chi connectivity index (χ0n) is 30.1. The molecule has 4 aromatic heterocycles. The number of rotatable bonds is 6. The maximum absolute atomic E-state index is 6.70. The molecule has 11 rings (SSSR count). The second-order valence-corrected chi connectivity index (χ2v) is 13.9. The van der Waals surface area contributed by atoms with Gasteiger partial charge in [-0.25, -0.2) is 9.97 Å². The van der Waals surface area contributed by atoms with Gasteiger partial charge in [0.25, 0.3) is 0 Å². The zero-order chi connectivity index (χ0) is 37.0. The summed E-state index contributed by atoms with van der Waals surface area (Å²) >= 11 is 0. The topological polar surface area (TPSA) is 65.0 Å². The van der Waals surface area contributed by atoms with Crippen LogP contribution < -0.4 is 0 Å². The second-order valence-electron chi connectivity index (χ2n) is 13.9. The van der Waals surface area contributed by atoms with Crippen molar-refractivity contribution < 1.29 is 8.83 Å². The highest BCUT2D eigenvalue weighted by Gasteiger charge is 2.21. The van der Waals surface area contributed by atoms with E-state index < -0.39 is 0 Å². The molecular weight excluding hydrogens is 687 g/mol. The highest BCUT2D eigenvalue weighted by molar-refractivity contribution is 6.19. The van der Waals surface area contributed by atoms with Gasteiger partial charge >= 0.3 is 0 Å². The van der Waals surface area contributed by atoms with Gasteiger partial charge in [-0.2, -0.15) is 0 Å². The molecule has 262 valence electrons. The summed E-state index contributed by atoms with van der Waals surface area (Å²) in [6.07, 6.45) is 3.69. The molecule has 7 aromatic carbocycles. The van der Waals surface area contributed by atoms with Gasteiger partial charge in [-0.05, 0) is 47.0 Å². The Morgan fingerprint density at radius 3 is 1.80 bits per heavy atom. The minimum Gasteiger partial charge on any atom is -0.455 e. The summed E-state index contributed by atoms with van der Waals surface area (Å²) in [5, 5.41) is 4.33. The Labute approximate surface area is 322 Å². The molecule has 0 aliphatic rings. The first-order chi connectivity index (χ1) is 27.8. The molecule has 56 heavy (non-hydrogen) atoms. The van der Waals surface area contributed by atoms with Crippen molar-refractivity contribution in [3.05, 3.63) is 188 Å². The van der Waals surface area contributed by atoms with Crippen molar-refractivity contribution in [2.24, 2.45) is 0 Å². The number of aromatic nitrogens is 3. The van der Waals surface area contributed by atoms with Gasteiger partial charge in [0.1, 0.15) is 22.3 Å². The van der Waals surface area contributed by atoms with E-state index in [4.69, 9.17) is 18.8 Å². The second kappa shape index (κ2) is 13.0. The van der Waals surface area contributed by atoms with Gasteiger partial charge in [0, 0.05) is 67.3 Å². The van der Waals surface area contributed by atoms with Crippen LogP contribution >= 0.6 is 0 Å². The highest BCUT2D eigenvalue weighted by Crippen LogP contribution is 2.45. The predicted molar refractivity (Wildman–Crippen MR) is 227 cm³/mol. The highest BCUT2D eigenvalue weighted by atomic mass is 16.3. The summed E-state index contributed by atoms with van der Waals surface area (Å²) in [6, 6.07) is 60.4. The van der Waals surface area contributed by atoms with Crippen LogP contribution in [0.15, 0.2) is 197 Å². The lowest BCUT2D eigenvalue weighted by atomic mass is 9.93. The van der Waals surface area contributed by atoms with Crippen molar-refractivity contribution in [3.8, 4) is 67.3 Å². The number of hydrogen-bond acceptors (Lipinski definition) is 5. The molecule has 0 radical (unpaired) electrons. The molecule has 11 aromatic rings. The van der Waals surface area contributed by atoms with Crippen LogP contribution in [0.2, 0.25) is 0 Å². The van der Waals surface area contributed by atoms with Gasteiger partial charge in [-0.15, -0.1) is 0 Å².